The third kappa shape index (κ3) is 6.14. The summed E-state index contributed by atoms with van der Waals surface area (Å²) in [6, 6.07) is 6.47. The van der Waals surface area contributed by atoms with Gasteiger partial charge in [0.15, 0.2) is 0 Å². The Morgan fingerprint density at radius 1 is 1.33 bits per heavy atom. The predicted octanol–water partition coefficient (Wildman–Crippen LogP) is 1.73. The minimum atomic E-state index is -1.24. The van der Waals surface area contributed by atoms with Gasteiger partial charge in [-0.15, -0.1) is 0 Å². The van der Waals surface area contributed by atoms with Crippen LogP contribution in [0.5, 0.6) is 0 Å². The highest BCUT2D eigenvalue weighted by molar-refractivity contribution is 6.40. The number of halogens is 1. The lowest BCUT2D eigenvalue weighted by atomic mass is 9.81. The standard InChI is InChI=1S/C13H21BFNO2/c1-13(16,7-2-3-8-14(17)18)10-11-5-4-6-12(15)9-11/h4-6,9,17-18H,2-3,7-8,10,16H2,1H3. The van der Waals surface area contributed by atoms with Crippen LogP contribution in [0.1, 0.15) is 31.7 Å². The van der Waals surface area contributed by atoms with Crippen molar-refractivity contribution in [1.29, 1.82) is 0 Å². The number of nitrogens with two attached hydrogens (primary N) is 1. The summed E-state index contributed by atoms with van der Waals surface area (Å²) < 4.78 is 13.0. The van der Waals surface area contributed by atoms with E-state index in [1.165, 1.54) is 12.1 Å². The van der Waals surface area contributed by atoms with Crippen molar-refractivity contribution in [2.45, 2.75) is 44.5 Å². The lowest BCUT2D eigenvalue weighted by Gasteiger charge is -2.24. The Morgan fingerprint density at radius 2 is 2.06 bits per heavy atom. The second-order valence-electron chi connectivity index (χ2n) is 5.19. The van der Waals surface area contributed by atoms with Crippen LogP contribution >= 0.6 is 0 Å². The van der Waals surface area contributed by atoms with Crippen LogP contribution in [0.25, 0.3) is 0 Å². The van der Waals surface area contributed by atoms with Crippen LogP contribution in [0, 0.1) is 5.82 Å². The normalized spacial score (nSPS) is 14.3. The van der Waals surface area contributed by atoms with Crippen molar-refractivity contribution >= 4 is 7.12 Å². The maximum absolute atomic E-state index is 13.0. The van der Waals surface area contributed by atoms with E-state index in [4.69, 9.17) is 15.8 Å². The van der Waals surface area contributed by atoms with Gasteiger partial charge in [-0.1, -0.05) is 25.0 Å². The first-order valence-electron chi connectivity index (χ1n) is 6.28. The Labute approximate surface area is 108 Å². The molecular weight excluding hydrogens is 232 g/mol. The third-order valence-corrected chi connectivity index (χ3v) is 2.96. The monoisotopic (exact) mass is 253 g/mol. The maximum Gasteiger partial charge on any atom is 0.451 e. The van der Waals surface area contributed by atoms with Gasteiger partial charge in [0.05, 0.1) is 0 Å². The van der Waals surface area contributed by atoms with Gasteiger partial charge in [0.25, 0.3) is 0 Å². The van der Waals surface area contributed by atoms with Crippen LogP contribution in [0.2, 0.25) is 6.32 Å². The van der Waals surface area contributed by atoms with Crippen LogP contribution in [0.4, 0.5) is 4.39 Å². The van der Waals surface area contributed by atoms with E-state index in [-0.39, 0.29) is 5.82 Å². The summed E-state index contributed by atoms with van der Waals surface area (Å²) in [6.07, 6.45) is 3.33. The molecule has 1 unspecified atom stereocenters. The molecule has 0 saturated heterocycles. The summed E-state index contributed by atoms with van der Waals surface area (Å²) >= 11 is 0. The van der Waals surface area contributed by atoms with Crippen molar-refractivity contribution in [2.24, 2.45) is 5.73 Å². The van der Waals surface area contributed by atoms with Crippen LogP contribution in [-0.4, -0.2) is 22.7 Å². The molecule has 4 N–H and O–H groups in total. The second kappa shape index (κ2) is 6.88. The fourth-order valence-electron chi connectivity index (χ4n) is 2.06. The molecule has 100 valence electrons. The smallest absolute Gasteiger partial charge is 0.427 e. The van der Waals surface area contributed by atoms with Crippen molar-refractivity contribution in [3.8, 4) is 0 Å². The van der Waals surface area contributed by atoms with Crippen molar-refractivity contribution < 1.29 is 14.4 Å². The number of hydrogen-bond acceptors (Lipinski definition) is 3. The van der Waals surface area contributed by atoms with E-state index < -0.39 is 12.7 Å². The Bertz CT molecular complexity index is 372. The summed E-state index contributed by atoms with van der Waals surface area (Å²) in [4.78, 5) is 0. The number of benzene rings is 1. The first kappa shape index (κ1) is 15.2. The molecule has 1 atom stereocenters. The minimum Gasteiger partial charge on any atom is -0.427 e. The fraction of sp³-hybridized carbons (Fsp3) is 0.538. The first-order chi connectivity index (χ1) is 8.39. The van der Waals surface area contributed by atoms with E-state index in [0.29, 0.717) is 12.7 Å². The SMILES string of the molecule is CC(N)(CCCCB(O)O)Cc1cccc(F)c1. The summed E-state index contributed by atoms with van der Waals surface area (Å²) in [5.41, 5.74) is 6.66. The van der Waals surface area contributed by atoms with Crippen molar-refractivity contribution in [3.63, 3.8) is 0 Å². The molecule has 0 aromatic heterocycles. The van der Waals surface area contributed by atoms with E-state index in [1.807, 2.05) is 13.0 Å². The predicted molar refractivity (Wildman–Crippen MR) is 71.5 cm³/mol. The van der Waals surface area contributed by atoms with Gasteiger partial charge in [-0.3, -0.25) is 0 Å². The molecule has 1 aromatic carbocycles. The maximum atomic E-state index is 13.0. The number of rotatable bonds is 7. The second-order valence-corrected chi connectivity index (χ2v) is 5.19. The van der Waals surface area contributed by atoms with Crippen molar-refractivity contribution in [1.82, 2.24) is 0 Å². The average molecular weight is 253 g/mol. The molecule has 3 nitrogen and oxygen atoms in total. The van der Waals surface area contributed by atoms with Gasteiger partial charge in [-0.05, 0) is 43.8 Å². The van der Waals surface area contributed by atoms with E-state index in [2.05, 4.69) is 0 Å². The highest BCUT2D eigenvalue weighted by Gasteiger charge is 2.19. The zero-order chi connectivity index (χ0) is 13.6. The highest BCUT2D eigenvalue weighted by Crippen LogP contribution is 2.18. The molecule has 1 rings (SSSR count). The van der Waals surface area contributed by atoms with Crippen molar-refractivity contribution in [3.05, 3.63) is 35.6 Å². The Balaban J connectivity index is 2.39. The van der Waals surface area contributed by atoms with Gasteiger partial charge >= 0.3 is 7.12 Å². The van der Waals surface area contributed by atoms with Gasteiger partial charge in [0, 0.05) is 5.54 Å². The highest BCUT2D eigenvalue weighted by atomic mass is 19.1. The largest absolute Gasteiger partial charge is 0.451 e. The summed E-state index contributed by atoms with van der Waals surface area (Å²) in [7, 11) is -1.24. The zero-order valence-electron chi connectivity index (χ0n) is 10.8. The van der Waals surface area contributed by atoms with Gasteiger partial charge in [-0.2, -0.15) is 0 Å². The Kier molecular flexibility index (Phi) is 5.79. The molecule has 0 radical (unpaired) electrons. The van der Waals surface area contributed by atoms with E-state index in [1.54, 1.807) is 6.07 Å². The van der Waals surface area contributed by atoms with Crippen molar-refractivity contribution in [2.75, 3.05) is 0 Å². The quantitative estimate of drug-likeness (QED) is 0.512. The molecule has 5 heteroatoms. The lowest BCUT2D eigenvalue weighted by Crippen LogP contribution is -2.38. The van der Waals surface area contributed by atoms with E-state index in [0.717, 1.165) is 24.8 Å². The minimum absolute atomic E-state index is 0.244. The van der Waals surface area contributed by atoms with E-state index >= 15 is 0 Å². The molecule has 0 spiro atoms. The summed E-state index contributed by atoms with van der Waals surface area (Å²) in [5, 5.41) is 17.5. The number of hydrogen-bond donors (Lipinski definition) is 3. The first-order valence-corrected chi connectivity index (χ1v) is 6.28. The number of unbranched alkanes of at least 4 members (excludes halogenated alkanes) is 1. The van der Waals surface area contributed by atoms with Gasteiger partial charge in [0.2, 0.25) is 0 Å². The topological polar surface area (TPSA) is 66.5 Å². The Hall–Kier alpha value is -0.905. The summed E-state index contributed by atoms with van der Waals surface area (Å²) in [5.74, 6) is -0.244. The molecule has 0 bridgehead atoms. The molecule has 0 aliphatic carbocycles. The molecule has 0 fully saturated rings. The van der Waals surface area contributed by atoms with Crippen LogP contribution in [0.15, 0.2) is 24.3 Å². The molecule has 0 saturated carbocycles. The molecule has 18 heavy (non-hydrogen) atoms. The Morgan fingerprint density at radius 3 is 2.67 bits per heavy atom. The molecular formula is C13H21BFNO2. The van der Waals surface area contributed by atoms with Gasteiger partial charge in [-0.25, -0.2) is 4.39 Å². The van der Waals surface area contributed by atoms with Gasteiger partial charge in [0.1, 0.15) is 5.82 Å². The van der Waals surface area contributed by atoms with Gasteiger partial charge < -0.3 is 15.8 Å². The molecule has 0 heterocycles. The third-order valence-electron chi connectivity index (χ3n) is 2.96. The zero-order valence-corrected chi connectivity index (χ0v) is 10.8. The fourth-order valence-corrected chi connectivity index (χ4v) is 2.06. The van der Waals surface area contributed by atoms with Crippen LogP contribution < -0.4 is 5.73 Å². The lowest BCUT2D eigenvalue weighted by molar-refractivity contribution is 0.387. The van der Waals surface area contributed by atoms with E-state index in [9.17, 15) is 4.39 Å². The molecule has 0 aliphatic heterocycles. The average Bonchev–Trinajstić information content (AvgIpc) is 2.23. The molecule has 1 aromatic rings. The van der Waals surface area contributed by atoms with Crippen LogP contribution in [0.3, 0.4) is 0 Å². The summed E-state index contributed by atoms with van der Waals surface area (Å²) in [6.45, 7) is 1.94. The van der Waals surface area contributed by atoms with Crippen LogP contribution in [-0.2, 0) is 6.42 Å². The molecule has 0 aliphatic rings. The molecule has 0 amide bonds.